The summed E-state index contributed by atoms with van der Waals surface area (Å²) in [6.07, 6.45) is 1.43. The summed E-state index contributed by atoms with van der Waals surface area (Å²) in [6.45, 7) is 1.84. The van der Waals surface area contributed by atoms with Gasteiger partial charge in [0.2, 0.25) is 0 Å². The van der Waals surface area contributed by atoms with Crippen molar-refractivity contribution in [1.82, 2.24) is 15.2 Å². The normalized spacial score (nSPS) is 12.8. The van der Waals surface area contributed by atoms with E-state index in [1.807, 2.05) is 6.92 Å². The molecule has 5 nitrogen and oxygen atoms in total. The van der Waals surface area contributed by atoms with Crippen molar-refractivity contribution in [3.05, 3.63) is 6.33 Å². The van der Waals surface area contributed by atoms with Crippen LogP contribution in [-0.4, -0.2) is 26.3 Å². The van der Waals surface area contributed by atoms with Gasteiger partial charge in [0.15, 0.2) is 5.16 Å². The van der Waals surface area contributed by atoms with Gasteiger partial charge in [0, 0.05) is 0 Å². The zero-order valence-corrected chi connectivity index (χ0v) is 6.85. The van der Waals surface area contributed by atoms with Gasteiger partial charge in [-0.15, -0.1) is 0 Å². The fourth-order valence-corrected chi connectivity index (χ4v) is 1.16. The molecule has 6 heteroatoms. The molecule has 1 aromatic heterocycles. The number of aromatic amines is 1. The molecule has 1 aromatic rings. The lowest BCUT2D eigenvalue weighted by Gasteiger charge is -2.04. The second-order valence-corrected chi connectivity index (χ2v) is 3.34. The lowest BCUT2D eigenvalue weighted by molar-refractivity contribution is 0.970. The molecule has 0 aromatic carbocycles. The number of amidine groups is 1. The Morgan fingerprint density at radius 3 is 3.09 bits per heavy atom. The first-order valence-corrected chi connectivity index (χ1v) is 3.94. The van der Waals surface area contributed by atoms with Gasteiger partial charge in [-0.1, -0.05) is 11.8 Å². The molecule has 0 aliphatic heterocycles. The molecule has 1 atom stereocenters. The van der Waals surface area contributed by atoms with Crippen molar-refractivity contribution in [1.29, 1.82) is 5.41 Å². The Labute approximate surface area is 68.3 Å². The van der Waals surface area contributed by atoms with E-state index in [0.717, 1.165) is 0 Å². The van der Waals surface area contributed by atoms with Gasteiger partial charge in [0.25, 0.3) is 0 Å². The van der Waals surface area contributed by atoms with Crippen molar-refractivity contribution in [2.75, 3.05) is 0 Å². The molecule has 0 spiro atoms. The number of nitrogens with two attached hydrogens (primary N) is 1. The number of nitrogens with zero attached hydrogens (tertiary/aromatic N) is 2. The first kappa shape index (κ1) is 8.06. The molecule has 0 fully saturated rings. The third kappa shape index (κ3) is 2.23. The van der Waals surface area contributed by atoms with Crippen molar-refractivity contribution in [3.63, 3.8) is 0 Å². The van der Waals surface area contributed by atoms with Crippen molar-refractivity contribution in [3.8, 4) is 0 Å². The van der Waals surface area contributed by atoms with Gasteiger partial charge >= 0.3 is 0 Å². The highest BCUT2D eigenvalue weighted by Crippen LogP contribution is 2.16. The summed E-state index contributed by atoms with van der Waals surface area (Å²) in [4.78, 5) is 3.88. The third-order valence-electron chi connectivity index (χ3n) is 1.12. The van der Waals surface area contributed by atoms with Gasteiger partial charge in [-0.25, -0.2) is 4.98 Å². The van der Waals surface area contributed by atoms with Gasteiger partial charge in [-0.2, -0.15) is 5.10 Å². The predicted molar refractivity (Wildman–Crippen MR) is 43.6 cm³/mol. The van der Waals surface area contributed by atoms with Crippen LogP contribution in [0.3, 0.4) is 0 Å². The van der Waals surface area contributed by atoms with Crippen LogP contribution in [0, 0.1) is 5.41 Å². The van der Waals surface area contributed by atoms with Crippen LogP contribution in [0.4, 0.5) is 0 Å². The second kappa shape index (κ2) is 3.38. The summed E-state index contributed by atoms with van der Waals surface area (Å²) in [5, 5.41) is 14.1. The van der Waals surface area contributed by atoms with Crippen LogP contribution in [0.2, 0.25) is 0 Å². The van der Waals surface area contributed by atoms with Crippen LogP contribution in [-0.2, 0) is 0 Å². The Morgan fingerprint density at radius 2 is 2.64 bits per heavy atom. The van der Waals surface area contributed by atoms with Crippen LogP contribution >= 0.6 is 11.8 Å². The molecule has 0 saturated heterocycles. The summed E-state index contributed by atoms with van der Waals surface area (Å²) in [5.41, 5.74) is 5.25. The summed E-state index contributed by atoms with van der Waals surface area (Å²) in [5.74, 6) is 0.145. The van der Waals surface area contributed by atoms with Crippen LogP contribution in [0.5, 0.6) is 0 Å². The summed E-state index contributed by atoms with van der Waals surface area (Å²) in [7, 11) is 0. The molecule has 0 saturated carbocycles. The van der Waals surface area contributed by atoms with E-state index in [-0.39, 0.29) is 11.1 Å². The lowest BCUT2D eigenvalue weighted by Crippen LogP contribution is -2.21. The number of rotatable bonds is 3. The summed E-state index contributed by atoms with van der Waals surface area (Å²) >= 11 is 1.38. The van der Waals surface area contributed by atoms with E-state index in [4.69, 9.17) is 11.1 Å². The van der Waals surface area contributed by atoms with Crippen molar-refractivity contribution in [2.45, 2.75) is 17.3 Å². The monoisotopic (exact) mass is 171 g/mol. The Balaban J connectivity index is 2.50. The van der Waals surface area contributed by atoms with Gasteiger partial charge < -0.3 is 5.73 Å². The van der Waals surface area contributed by atoms with Crippen LogP contribution in [0.1, 0.15) is 6.92 Å². The molecule has 4 N–H and O–H groups in total. The molecular weight excluding hydrogens is 162 g/mol. The molecule has 0 bridgehead atoms. The lowest BCUT2D eigenvalue weighted by atomic mass is 10.4. The molecule has 0 amide bonds. The third-order valence-corrected chi connectivity index (χ3v) is 2.15. The Kier molecular flexibility index (Phi) is 2.48. The van der Waals surface area contributed by atoms with E-state index < -0.39 is 0 Å². The molecule has 0 radical (unpaired) electrons. The minimum Gasteiger partial charge on any atom is -0.387 e. The minimum absolute atomic E-state index is 0.0528. The zero-order chi connectivity index (χ0) is 8.27. The predicted octanol–water partition coefficient (Wildman–Crippen LogP) is 0.221. The molecule has 11 heavy (non-hydrogen) atoms. The van der Waals surface area contributed by atoms with Crippen LogP contribution in [0.15, 0.2) is 11.5 Å². The molecule has 0 aliphatic carbocycles. The molecule has 1 heterocycles. The quantitative estimate of drug-likeness (QED) is 0.344. The highest BCUT2D eigenvalue weighted by atomic mass is 32.2. The van der Waals surface area contributed by atoms with E-state index in [0.29, 0.717) is 5.16 Å². The molecule has 0 aliphatic rings. The standard InChI is InChI=1S/C5H9N5S/c1-3(4(6)7)11-5-8-2-9-10-5/h2-3H,1H3,(H3,6,7)(H,8,9,10). The smallest absolute Gasteiger partial charge is 0.184 e. The number of nitrogens with one attached hydrogen (secondary N) is 2. The highest BCUT2D eigenvalue weighted by Gasteiger charge is 2.08. The van der Waals surface area contributed by atoms with Gasteiger partial charge in [-0.3, -0.25) is 10.5 Å². The van der Waals surface area contributed by atoms with Crippen LogP contribution < -0.4 is 5.73 Å². The number of hydrogen-bond acceptors (Lipinski definition) is 4. The first-order chi connectivity index (χ1) is 5.20. The maximum Gasteiger partial charge on any atom is 0.184 e. The minimum atomic E-state index is -0.0528. The molecule has 1 unspecified atom stereocenters. The Bertz CT molecular complexity index is 231. The fraction of sp³-hybridized carbons (Fsp3) is 0.400. The van der Waals surface area contributed by atoms with E-state index >= 15 is 0 Å². The van der Waals surface area contributed by atoms with Crippen molar-refractivity contribution < 1.29 is 0 Å². The molecular formula is C5H9N5S. The van der Waals surface area contributed by atoms with Crippen molar-refractivity contribution >= 4 is 17.6 Å². The van der Waals surface area contributed by atoms with Crippen LogP contribution in [0.25, 0.3) is 0 Å². The average molecular weight is 171 g/mol. The maximum atomic E-state index is 7.10. The highest BCUT2D eigenvalue weighted by molar-refractivity contribution is 8.00. The van der Waals surface area contributed by atoms with Gasteiger partial charge in [0.05, 0.1) is 5.25 Å². The zero-order valence-electron chi connectivity index (χ0n) is 6.03. The number of aromatic nitrogens is 3. The van der Waals surface area contributed by atoms with E-state index in [9.17, 15) is 0 Å². The topological polar surface area (TPSA) is 91.4 Å². The first-order valence-electron chi connectivity index (χ1n) is 3.06. The molecule has 1 rings (SSSR count). The Hall–Kier alpha value is -1.04. The fourth-order valence-electron chi connectivity index (χ4n) is 0.482. The summed E-state index contributed by atoms with van der Waals surface area (Å²) in [6, 6.07) is 0. The van der Waals surface area contributed by atoms with Crippen molar-refractivity contribution in [2.24, 2.45) is 5.73 Å². The number of thioether (sulfide) groups is 1. The second-order valence-electron chi connectivity index (χ2n) is 2.01. The SMILES string of the molecule is CC(Sc1ncn[nH]1)C(=N)N. The number of hydrogen-bond donors (Lipinski definition) is 3. The Morgan fingerprint density at radius 1 is 1.91 bits per heavy atom. The maximum absolute atomic E-state index is 7.10. The van der Waals surface area contributed by atoms with Gasteiger partial charge in [-0.05, 0) is 6.92 Å². The van der Waals surface area contributed by atoms with E-state index in [1.54, 1.807) is 0 Å². The number of H-pyrrole nitrogens is 1. The van der Waals surface area contributed by atoms with E-state index in [1.165, 1.54) is 18.1 Å². The summed E-state index contributed by atoms with van der Waals surface area (Å²) < 4.78 is 0. The molecule has 60 valence electrons. The van der Waals surface area contributed by atoms with Gasteiger partial charge in [0.1, 0.15) is 12.2 Å². The van der Waals surface area contributed by atoms with E-state index in [2.05, 4.69) is 15.2 Å². The largest absolute Gasteiger partial charge is 0.387 e. The average Bonchev–Trinajstić information content (AvgIpc) is 2.39.